The van der Waals surface area contributed by atoms with E-state index in [2.05, 4.69) is 20.8 Å². The lowest BCUT2D eigenvalue weighted by atomic mass is 9.87. The van der Waals surface area contributed by atoms with E-state index in [1.807, 2.05) is 0 Å². The third-order valence-electron chi connectivity index (χ3n) is 2.93. The topological polar surface area (TPSA) is 26.0 Å². The molecule has 0 bridgehead atoms. The first kappa shape index (κ1) is 12.0. The molecule has 1 nitrogen and oxygen atoms in total. The summed E-state index contributed by atoms with van der Waals surface area (Å²) in [5.41, 5.74) is 5.73. The molecule has 0 spiro atoms. The van der Waals surface area contributed by atoms with E-state index in [-0.39, 0.29) is 0 Å². The molecule has 0 radical (unpaired) electrons. The molecule has 74 valence electrons. The average molecular weight is 171 g/mol. The highest BCUT2D eigenvalue weighted by molar-refractivity contribution is 4.66. The molecule has 0 saturated carbocycles. The molecule has 0 fully saturated rings. The lowest BCUT2D eigenvalue weighted by Gasteiger charge is -2.20. The van der Waals surface area contributed by atoms with Crippen molar-refractivity contribution < 1.29 is 0 Å². The Bertz CT molecular complexity index is 91.0. The maximum Gasteiger partial charge on any atom is -0.00463 e. The minimum atomic E-state index is 0.765. The summed E-state index contributed by atoms with van der Waals surface area (Å²) in [6.45, 7) is 7.70. The van der Waals surface area contributed by atoms with Crippen molar-refractivity contribution in [3.05, 3.63) is 0 Å². The Hall–Kier alpha value is -0.0400. The summed E-state index contributed by atoms with van der Waals surface area (Å²) in [5.74, 6) is 1.58. The molecule has 0 saturated heterocycles. The lowest BCUT2D eigenvalue weighted by Crippen LogP contribution is -2.21. The van der Waals surface area contributed by atoms with E-state index in [4.69, 9.17) is 5.73 Å². The zero-order chi connectivity index (χ0) is 9.40. The second kappa shape index (κ2) is 7.60. The molecular formula is C11H25N. The normalized spacial score (nSPS) is 16.0. The molecule has 0 aromatic heterocycles. The van der Waals surface area contributed by atoms with Crippen LogP contribution in [-0.2, 0) is 0 Å². The Kier molecular flexibility index (Phi) is 7.58. The van der Waals surface area contributed by atoms with Gasteiger partial charge in [-0.1, -0.05) is 46.5 Å². The van der Waals surface area contributed by atoms with Gasteiger partial charge >= 0.3 is 0 Å². The van der Waals surface area contributed by atoms with E-state index in [0.29, 0.717) is 0 Å². The van der Waals surface area contributed by atoms with Crippen LogP contribution in [-0.4, -0.2) is 6.54 Å². The van der Waals surface area contributed by atoms with Gasteiger partial charge in [0.15, 0.2) is 0 Å². The van der Waals surface area contributed by atoms with Crippen molar-refractivity contribution in [2.24, 2.45) is 17.6 Å². The molecule has 0 aliphatic rings. The van der Waals surface area contributed by atoms with Gasteiger partial charge in [-0.3, -0.25) is 0 Å². The predicted molar refractivity (Wildman–Crippen MR) is 56.1 cm³/mol. The minimum absolute atomic E-state index is 0.765. The molecule has 12 heavy (non-hydrogen) atoms. The van der Waals surface area contributed by atoms with Gasteiger partial charge in [0.25, 0.3) is 0 Å². The highest BCUT2D eigenvalue weighted by atomic mass is 14.6. The van der Waals surface area contributed by atoms with Crippen molar-refractivity contribution >= 4 is 0 Å². The van der Waals surface area contributed by atoms with E-state index >= 15 is 0 Å². The highest BCUT2D eigenvalue weighted by Gasteiger charge is 2.12. The van der Waals surface area contributed by atoms with Crippen molar-refractivity contribution in [1.82, 2.24) is 0 Å². The molecule has 0 heterocycles. The summed E-state index contributed by atoms with van der Waals surface area (Å²) in [7, 11) is 0. The SMILES string of the molecule is CCCCCC(CN)C(C)CC. The fraction of sp³-hybridized carbons (Fsp3) is 1.00. The Morgan fingerprint density at radius 1 is 1.17 bits per heavy atom. The fourth-order valence-corrected chi connectivity index (χ4v) is 1.62. The van der Waals surface area contributed by atoms with Crippen LogP contribution in [0.2, 0.25) is 0 Å². The van der Waals surface area contributed by atoms with Gasteiger partial charge in [0.05, 0.1) is 0 Å². The molecule has 1 heteroatoms. The number of unbranched alkanes of at least 4 members (excludes halogenated alkanes) is 2. The first-order chi connectivity index (χ1) is 5.76. The fourth-order valence-electron chi connectivity index (χ4n) is 1.62. The van der Waals surface area contributed by atoms with Crippen molar-refractivity contribution in [1.29, 1.82) is 0 Å². The van der Waals surface area contributed by atoms with E-state index < -0.39 is 0 Å². The standard InChI is InChI=1S/C11H25N/c1-4-6-7-8-11(9-12)10(3)5-2/h10-11H,4-9,12H2,1-3H3. The van der Waals surface area contributed by atoms with E-state index in [1.54, 1.807) is 0 Å². The number of rotatable bonds is 7. The van der Waals surface area contributed by atoms with Gasteiger partial charge in [-0.2, -0.15) is 0 Å². The predicted octanol–water partition coefficient (Wildman–Crippen LogP) is 3.19. The van der Waals surface area contributed by atoms with Crippen molar-refractivity contribution in [3.8, 4) is 0 Å². The monoisotopic (exact) mass is 171 g/mol. The van der Waals surface area contributed by atoms with Gasteiger partial charge in [0.1, 0.15) is 0 Å². The van der Waals surface area contributed by atoms with Gasteiger partial charge < -0.3 is 5.73 Å². The quantitative estimate of drug-likeness (QED) is 0.585. The summed E-state index contributed by atoms with van der Waals surface area (Å²) >= 11 is 0. The Morgan fingerprint density at radius 3 is 2.25 bits per heavy atom. The van der Waals surface area contributed by atoms with Gasteiger partial charge in [0, 0.05) is 0 Å². The van der Waals surface area contributed by atoms with Crippen LogP contribution in [0, 0.1) is 11.8 Å². The maximum atomic E-state index is 5.73. The molecular weight excluding hydrogens is 146 g/mol. The third kappa shape index (κ3) is 4.76. The van der Waals surface area contributed by atoms with E-state index in [0.717, 1.165) is 18.4 Å². The highest BCUT2D eigenvalue weighted by Crippen LogP contribution is 2.20. The summed E-state index contributed by atoms with van der Waals surface area (Å²) in [6.07, 6.45) is 6.65. The van der Waals surface area contributed by atoms with Gasteiger partial charge in [-0.05, 0) is 24.8 Å². The number of hydrogen-bond acceptors (Lipinski definition) is 1. The van der Waals surface area contributed by atoms with Crippen LogP contribution in [0.15, 0.2) is 0 Å². The van der Waals surface area contributed by atoms with Crippen molar-refractivity contribution in [2.75, 3.05) is 6.54 Å². The van der Waals surface area contributed by atoms with Crippen LogP contribution in [0.25, 0.3) is 0 Å². The Morgan fingerprint density at radius 2 is 1.83 bits per heavy atom. The average Bonchev–Trinajstić information content (AvgIpc) is 2.11. The van der Waals surface area contributed by atoms with Crippen molar-refractivity contribution in [2.45, 2.75) is 52.9 Å². The molecule has 0 amide bonds. The van der Waals surface area contributed by atoms with Crippen LogP contribution in [0.5, 0.6) is 0 Å². The van der Waals surface area contributed by atoms with Gasteiger partial charge in [-0.15, -0.1) is 0 Å². The van der Waals surface area contributed by atoms with Crippen LogP contribution >= 0.6 is 0 Å². The molecule has 0 rings (SSSR count). The second-order valence-electron chi connectivity index (χ2n) is 3.88. The van der Waals surface area contributed by atoms with Crippen molar-refractivity contribution in [3.63, 3.8) is 0 Å². The van der Waals surface area contributed by atoms with E-state index in [9.17, 15) is 0 Å². The lowest BCUT2D eigenvalue weighted by molar-refractivity contribution is 0.325. The second-order valence-corrected chi connectivity index (χ2v) is 3.88. The smallest absolute Gasteiger partial charge is 0.00463 e. The summed E-state index contributed by atoms with van der Waals surface area (Å²) in [5, 5.41) is 0. The van der Waals surface area contributed by atoms with Gasteiger partial charge in [-0.25, -0.2) is 0 Å². The van der Waals surface area contributed by atoms with Gasteiger partial charge in [0.2, 0.25) is 0 Å². The zero-order valence-electron chi connectivity index (χ0n) is 8.97. The third-order valence-corrected chi connectivity index (χ3v) is 2.93. The minimum Gasteiger partial charge on any atom is -0.330 e. The van der Waals surface area contributed by atoms with Crippen LogP contribution < -0.4 is 5.73 Å². The maximum absolute atomic E-state index is 5.73. The largest absolute Gasteiger partial charge is 0.330 e. The zero-order valence-corrected chi connectivity index (χ0v) is 8.97. The van der Waals surface area contributed by atoms with E-state index in [1.165, 1.54) is 32.1 Å². The number of hydrogen-bond donors (Lipinski definition) is 1. The summed E-state index contributed by atoms with van der Waals surface area (Å²) < 4.78 is 0. The van der Waals surface area contributed by atoms with Crippen LogP contribution in [0.1, 0.15) is 52.9 Å². The Labute approximate surface area is 77.7 Å². The van der Waals surface area contributed by atoms with Crippen LogP contribution in [0.3, 0.4) is 0 Å². The Balaban J connectivity index is 3.52. The molecule has 2 atom stereocenters. The summed E-state index contributed by atoms with van der Waals surface area (Å²) in [4.78, 5) is 0. The number of nitrogens with two attached hydrogens (primary N) is 1. The molecule has 0 aromatic rings. The molecule has 0 aliphatic heterocycles. The first-order valence-electron chi connectivity index (χ1n) is 5.46. The molecule has 0 aromatic carbocycles. The molecule has 2 N–H and O–H groups in total. The first-order valence-corrected chi connectivity index (χ1v) is 5.46. The van der Waals surface area contributed by atoms with Crippen LogP contribution in [0.4, 0.5) is 0 Å². The summed E-state index contributed by atoms with van der Waals surface area (Å²) in [6, 6.07) is 0. The molecule has 0 aliphatic carbocycles. The molecule has 2 unspecified atom stereocenters.